The maximum absolute atomic E-state index is 12.7. The van der Waals surface area contributed by atoms with Crippen LogP contribution in [0.1, 0.15) is 38.9 Å². The van der Waals surface area contributed by atoms with Gasteiger partial charge >= 0.3 is 0 Å². The maximum Gasteiger partial charge on any atom is 0.215 e. The van der Waals surface area contributed by atoms with Crippen molar-refractivity contribution in [3.8, 4) is 0 Å². The minimum absolute atomic E-state index is 0.0486. The molecule has 2 saturated carbocycles. The molecule has 122 valence electrons. The highest BCUT2D eigenvalue weighted by atomic mass is 32.2. The summed E-state index contributed by atoms with van der Waals surface area (Å²) in [6.45, 7) is 4.11. The Balaban J connectivity index is 1.83. The van der Waals surface area contributed by atoms with Crippen LogP contribution in [-0.2, 0) is 21.4 Å². The van der Waals surface area contributed by atoms with Crippen molar-refractivity contribution in [2.75, 3.05) is 12.8 Å². The second-order valence-corrected chi connectivity index (χ2v) is 9.10. The number of hydrogen-bond acceptors (Lipinski definition) is 6. The molecule has 0 N–H and O–H groups in total. The normalized spacial score (nSPS) is 30.4. The highest BCUT2D eigenvalue weighted by molar-refractivity contribution is 7.89. The molecule has 2 aliphatic rings. The molecule has 0 aliphatic heterocycles. The lowest BCUT2D eigenvalue weighted by Gasteiger charge is -2.37. The van der Waals surface area contributed by atoms with Gasteiger partial charge in [0.25, 0.3) is 0 Å². The summed E-state index contributed by atoms with van der Waals surface area (Å²) in [5, 5.41) is 3.63. The van der Waals surface area contributed by atoms with Crippen LogP contribution in [-0.4, -0.2) is 41.4 Å². The van der Waals surface area contributed by atoms with E-state index >= 15 is 0 Å². The van der Waals surface area contributed by atoms with Crippen molar-refractivity contribution in [1.29, 1.82) is 0 Å². The molecule has 3 rings (SSSR count). The van der Waals surface area contributed by atoms with Gasteiger partial charge in [0.1, 0.15) is 5.78 Å². The third-order valence-electron chi connectivity index (χ3n) is 5.81. The van der Waals surface area contributed by atoms with E-state index in [0.717, 1.165) is 6.42 Å². The van der Waals surface area contributed by atoms with Gasteiger partial charge in [-0.15, -0.1) is 0 Å². The third-order valence-corrected chi connectivity index (χ3v) is 7.75. The summed E-state index contributed by atoms with van der Waals surface area (Å²) in [5.41, 5.74) is -1.01. The van der Waals surface area contributed by atoms with Crippen molar-refractivity contribution in [3.63, 3.8) is 0 Å². The van der Waals surface area contributed by atoms with Crippen LogP contribution in [0.4, 0.5) is 0 Å². The molecule has 0 aromatic carbocycles. The summed E-state index contributed by atoms with van der Waals surface area (Å²) in [6.07, 6.45) is 3.28. The Morgan fingerprint density at radius 2 is 2.18 bits per heavy atom. The summed E-state index contributed by atoms with van der Waals surface area (Å²) < 4.78 is 31.3. The van der Waals surface area contributed by atoms with Gasteiger partial charge < -0.3 is 4.52 Å². The number of carbonyl (C=O) groups is 1. The maximum atomic E-state index is 12.7. The minimum atomic E-state index is -3.58. The lowest BCUT2D eigenvalue weighted by Crippen LogP contribution is -2.45. The molecule has 22 heavy (non-hydrogen) atoms. The smallest absolute Gasteiger partial charge is 0.215 e. The van der Waals surface area contributed by atoms with Gasteiger partial charge in [-0.2, -0.15) is 9.29 Å². The molecule has 2 atom stereocenters. The molecule has 0 spiro atoms. The number of hydrogen-bond donors (Lipinski definition) is 0. The van der Waals surface area contributed by atoms with E-state index in [1.54, 1.807) is 0 Å². The zero-order chi connectivity index (χ0) is 16.2. The monoisotopic (exact) mass is 327 g/mol. The van der Waals surface area contributed by atoms with E-state index in [1.807, 2.05) is 13.8 Å². The number of rotatable bonds is 5. The molecule has 0 saturated heterocycles. The number of Topliss-reactive ketones (excluding diaryl/α,β-unsaturated/α-hetero) is 1. The van der Waals surface area contributed by atoms with E-state index in [0.29, 0.717) is 24.6 Å². The van der Waals surface area contributed by atoms with Crippen molar-refractivity contribution < 1.29 is 17.7 Å². The largest absolute Gasteiger partial charge is 0.343 e. The molecule has 1 aromatic rings. The molecule has 8 heteroatoms. The van der Waals surface area contributed by atoms with Gasteiger partial charge in [-0.05, 0) is 24.2 Å². The van der Waals surface area contributed by atoms with Crippen LogP contribution in [0.2, 0.25) is 0 Å². The van der Waals surface area contributed by atoms with E-state index in [2.05, 4.69) is 14.7 Å². The Morgan fingerprint density at radius 1 is 1.45 bits per heavy atom. The SMILES string of the molecule is CN(Cc1ncon1)S(=O)(=O)C[C@]12CC[C@H](CC1=O)C2(C)C. The van der Waals surface area contributed by atoms with Crippen LogP contribution in [0.15, 0.2) is 10.9 Å². The van der Waals surface area contributed by atoms with Crippen LogP contribution in [0.5, 0.6) is 0 Å². The second kappa shape index (κ2) is 4.86. The molecule has 2 aliphatic carbocycles. The van der Waals surface area contributed by atoms with Crippen molar-refractivity contribution in [1.82, 2.24) is 14.4 Å². The van der Waals surface area contributed by atoms with Gasteiger partial charge in [0, 0.05) is 18.9 Å². The van der Waals surface area contributed by atoms with Crippen molar-refractivity contribution in [2.24, 2.45) is 16.7 Å². The Morgan fingerprint density at radius 3 is 2.68 bits per heavy atom. The molecule has 2 fully saturated rings. The Kier molecular flexibility index (Phi) is 3.45. The zero-order valence-corrected chi connectivity index (χ0v) is 13.9. The standard InChI is InChI=1S/C14H21N3O4S/c1-13(2)10-4-5-14(13,11(18)6-10)8-22(19,20)17(3)7-12-15-9-21-16-12/h9-10H,4-8H2,1-3H3/t10-,14-/m1/s1. The number of sulfonamides is 1. The molecular formula is C14H21N3O4S. The lowest BCUT2D eigenvalue weighted by atomic mass is 9.70. The molecule has 0 unspecified atom stereocenters. The predicted molar refractivity (Wildman–Crippen MR) is 78.1 cm³/mol. The van der Waals surface area contributed by atoms with Gasteiger partial charge in [-0.3, -0.25) is 4.79 Å². The summed E-state index contributed by atoms with van der Waals surface area (Å²) in [7, 11) is -2.09. The van der Waals surface area contributed by atoms with E-state index in [9.17, 15) is 13.2 Å². The number of aromatic nitrogens is 2. The van der Waals surface area contributed by atoms with Crippen LogP contribution in [0, 0.1) is 16.7 Å². The highest BCUT2D eigenvalue weighted by Gasteiger charge is 2.65. The van der Waals surface area contributed by atoms with Gasteiger partial charge in [-0.1, -0.05) is 19.0 Å². The highest BCUT2D eigenvalue weighted by Crippen LogP contribution is 2.64. The van der Waals surface area contributed by atoms with Gasteiger partial charge in [0.15, 0.2) is 5.82 Å². The van der Waals surface area contributed by atoms with Crippen LogP contribution >= 0.6 is 0 Å². The van der Waals surface area contributed by atoms with Crippen molar-refractivity contribution in [2.45, 2.75) is 39.7 Å². The number of fused-ring (bicyclic) bond motifs is 2. The fraction of sp³-hybridized carbons (Fsp3) is 0.786. The van der Waals surface area contributed by atoms with E-state index < -0.39 is 15.4 Å². The fourth-order valence-corrected chi connectivity index (χ4v) is 5.92. The van der Waals surface area contributed by atoms with E-state index in [-0.39, 0.29) is 23.5 Å². The summed E-state index contributed by atoms with van der Waals surface area (Å²) >= 11 is 0. The number of carbonyl (C=O) groups excluding carboxylic acids is 1. The first-order chi connectivity index (χ1) is 10.2. The van der Waals surface area contributed by atoms with E-state index in [1.165, 1.54) is 17.7 Å². The Bertz CT molecular complexity index is 683. The average molecular weight is 327 g/mol. The van der Waals surface area contributed by atoms with Crippen LogP contribution < -0.4 is 0 Å². The van der Waals surface area contributed by atoms with Gasteiger partial charge in [-0.25, -0.2) is 8.42 Å². The van der Waals surface area contributed by atoms with Crippen molar-refractivity contribution >= 4 is 15.8 Å². The first-order valence-corrected chi connectivity index (χ1v) is 9.02. The topological polar surface area (TPSA) is 93.4 Å². The molecule has 0 radical (unpaired) electrons. The van der Waals surface area contributed by atoms with Crippen LogP contribution in [0.3, 0.4) is 0 Å². The number of ketones is 1. The number of nitrogens with zero attached hydrogens (tertiary/aromatic N) is 3. The van der Waals surface area contributed by atoms with Crippen LogP contribution in [0.25, 0.3) is 0 Å². The molecule has 0 amide bonds. The molecule has 7 nitrogen and oxygen atoms in total. The Hall–Kier alpha value is -1.28. The third kappa shape index (κ3) is 2.11. The minimum Gasteiger partial charge on any atom is -0.343 e. The quantitative estimate of drug-likeness (QED) is 0.807. The van der Waals surface area contributed by atoms with E-state index in [4.69, 9.17) is 0 Å². The van der Waals surface area contributed by atoms with Gasteiger partial charge in [0.05, 0.1) is 12.3 Å². The first kappa shape index (κ1) is 15.6. The Labute approximate surface area is 130 Å². The summed E-state index contributed by atoms with van der Waals surface area (Å²) in [6, 6.07) is 0. The predicted octanol–water partition coefficient (Wildman–Crippen LogP) is 1.23. The average Bonchev–Trinajstić information content (AvgIpc) is 3.04. The molecule has 1 aromatic heterocycles. The van der Waals surface area contributed by atoms with Gasteiger partial charge in [0.2, 0.25) is 16.4 Å². The first-order valence-electron chi connectivity index (χ1n) is 7.42. The molecule has 2 bridgehead atoms. The molecule has 1 heterocycles. The second-order valence-electron chi connectivity index (χ2n) is 7.03. The zero-order valence-electron chi connectivity index (χ0n) is 13.1. The summed E-state index contributed by atoms with van der Waals surface area (Å²) in [5.74, 6) is 0.587. The lowest BCUT2D eigenvalue weighted by molar-refractivity contribution is -0.128. The fourth-order valence-electron chi connectivity index (χ4n) is 4.09. The molecular weight excluding hydrogens is 306 g/mol. The summed E-state index contributed by atoms with van der Waals surface area (Å²) in [4.78, 5) is 16.3. The van der Waals surface area contributed by atoms with Crippen molar-refractivity contribution in [3.05, 3.63) is 12.2 Å².